The zero-order chi connectivity index (χ0) is 13.2. The predicted molar refractivity (Wildman–Crippen MR) is 77.5 cm³/mol. The van der Waals surface area contributed by atoms with Crippen molar-refractivity contribution < 1.29 is 8.42 Å². The summed E-state index contributed by atoms with van der Waals surface area (Å²) in [6.45, 7) is 2.28. The molecule has 0 saturated heterocycles. The van der Waals surface area contributed by atoms with Crippen molar-refractivity contribution in [2.45, 2.75) is 24.1 Å². The Morgan fingerprint density at radius 2 is 2.17 bits per heavy atom. The average molecular weight is 367 g/mol. The summed E-state index contributed by atoms with van der Waals surface area (Å²) in [5.41, 5.74) is 0. The Morgan fingerprint density at radius 3 is 2.72 bits per heavy atom. The summed E-state index contributed by atoms with van der Waals surface area (Å²) < 4.78 is 27.6. The van der Waals surface area contributed by atoms with Gasteiger partial charge in [-0.1, -0.05) is 6.92 Å². The van der Waals surface area contributed by atoms with E-state index in [2.05, 4.69) is 25.6 Å². The molecule has 0 radical (unpaired) electrons. The van der Waals surface area contributed by atoms with Crippen molar-refractivity contribution in [2.24, 2.45) is 0 Å². The highest BCUT2D eigenvalue weighted by molar-refractivity contribution is 9.11. The maximum Gasteiger partial charge on any atom is 0.250 e. The number of nitrogens with zero attached hydrogens (tertiary/aromatic N) is 1. The Labute approximate surface area is 122 Å². The molecule has 0 amide bonds. The number of rotatable bonds is 5. The maximum atomic E-state index is 12.0. The van der Waals surface area contributed by atoms with Gasteiger partial charge in [-0.05, 0) is 34.5 Å². The summed E-state index contributed by atoms with van der Waals surface area (Å²) in [4.78, 5) is 5.33. The predicted octanol–water partition coefficient (Wildman–Crippen LogP) is 3.01. The van der Waals surface area contributed by atoms with Crippen molar-refractivity contribution in [3.05, 3.63) is 32.0 Å². The first-order valence-corrected chi connectivity index (χ1v) is 9.11. The smallest absolute Gasteiger partial charge is 0.248 e. The van der Waals surface area contributed by atoms with Crippen LogP contribution in [0.2, 0.25) is 0 Å². The molecule has 0 spiro atoms. The minimum Gasteiger partial charge on any atom is -0.248 e. The van der Waals surface area contributed by atoms with E-state index in [9.17, 15) is 8.42 Å². The molecule has 0 saturated carbocycles. The lowest BCUT2D eigenvalue weighted by Gasteiger charge is -2.01. The normalized spacial score (nSPS) is 11.9. The zero-order valence-electron chi connectivity index (χ0n) is 9.51. The van der Waals surface area contributed by atoms with Crippen LogP contribution in [0.1, 0.15) is 16.8 Å². The monoisotopic (exact) mass is 366 g/mol. The lowest BCUT2D eigenvalue weighted by atomic mass is 10.4. The van der Waals surface area contributed by atoms with Gasteiger partial charge in [0.25, 0.3) is 0 Å². The second kappa shape index (κ2) is 5.79. The molecule has 1 N–H and O–H groups in total. The molecule has 0 unspecified atom stereocenters. The Hall–Kier alpha value is -0.280. The van der Waals surface area contributed by atoms with Crippen molar-refractivity contribution >= 4 is 48.6 Å². The lowest BCUT2D eigenvalue weighted by Crippen LogP contribution is -2.22. The summed E-state index contributed by atoms with van der Waals surface area (Å²) in [5.74, 6) is 0. The van der Waals surface area contributed by atoms with Crippen molar-refractivity contribution in [1.82, 2.24) is 9.71 Å². The van der Waals surface area contributed by atoms with Crippen molar-refractivity contribution in [3.63, 3.8) is 0 Å². The van der Waals surface area contributed by atoms with E-state index in [-0.39, 0.29) is 6.54 Å². The number of hydrogen-bond acceptors (Lipinski definition) is 5. The molecule has 98 valence electrons. The van der Waals surface area contributed by atoms with E-state index in [1.165, 1.54) is 22.7 Å². The third-order valence-corrected chi connectivity index (χ3v) is 6.84. The molecule has 0 aliphatic heterocycles. The molecule has 0 aliphatic carbocycles. The van der Waals surface area contributed by atoms with E-state index in [4.69, 9.17) is 0 Å². The number of thiophene rings is 1. The van der Waals surface area contributed by atoms with Gasteiger partial charge in [0.2, 0.25) is 10.0 Å². The third-order valence-electron chi connectivity index (χ3n) is 2.18. The van der Waals surface area contributed by atoms with E-state index >= 15 is 0 Å². The van der Waals surface area contributed by atoms with Crippen molar-refractivity contribution in [2.75, 3.05) is 0 Å². The summed E-state index contributed by atoms with van der Waals surface area (Å²) in [6.07, 6.45) is 2.71. The fourth-order valence-corrected chi connectivity index (χ4v) is 5.20. The van der Waals surface area contributed by atoms with Gasteiger partial charge in [-0.3, -0.25) is 0 Å². The number of aryl methyl sites for hydroxylation is 1. The molecule has 0 atom stereocenters. The van der Waals surface area contributed by atoms with Crippen LogP contribution in [-0.2, 0) is 23.0 Å². The van der Waals surface area contributed by atoms with Crippen LogP contribution >= 0.6 is 38.6 Å². The van der Waals surface area contributed by atoms with Gasteiger partial charge in [0.05, 0.1) is 10.3 Å². The summed E-state index contributed by atoms with van der Waals surface area (Å²) in [5, 5.41) is 0.783. The fourth-order valence-electron chi connectivity index (χ4n) is 1.26. The molecule has 8 heteroatoms. The van der Waals surface area contributed by atoms with Gasteiger partial charge >= 0.3 is 0 Å². The van der Waals surface area contributed by atoms with Crippen LogP contribution in [0.25, 0.3) is 0 Å². The molecule has 2 rings (SSSR count). The Morgan fingerprint density at radius 1 is 1.39 bits per heavy atom. The molecule has 2 heterocycles. The zero-order valence-corrected chi connectivity index (χ0v) is 13.5. The van der Waals surface area contributed by atoms with Gasteiger partial charge < -0.3 is 0 Å². The van der Waals surface area contributed by atoms with Crippen LogP contribution in [-0.4, -0.2) is 13.4 Å². The highest BCUT2D eigenvalue weighted by Crippen LogP contribution is 2.26. The van der Waals surface area contributed by atoms with E-state index in [1.807, 2.05) is 6.92 Å². The van der Waals surface area contributed by atoms with E-state index in [0.717, 1.165) is 20.1 Å². The molecular formula is C10H11BrN2O2S3. The summed E-state index contributed by atoms with van der Waals surface area (Å²) in [7, 11) is -3.43. The van der Waals surface area contributed by atoms with Crippen LogP contribution in [0.15, 0.2) is 26.3 Å². The van der Waals surface area contributed by atoms with Crippen LogP contribution in [0.3, 0.4) is 0 Å². The standard InChI is InChI=1S/C10H11BrN2O2S3/c1-2-7-5-12-9(16-7)6-13-18(14,15)10-4-3-8(11)17-10/h3-5,13H,2,6H2,1H3. The van der Waals surface area contributed by atoms with Gasteiger partial charge in [0.15, 0.2) is 0 Å². The van der Waals surface area contributed by atoms with Crippen LogP contribution < -0.4 is 4.72 Å². The molecule has 4 nitrogen and oxygen atoms in total. The van der Waals surface area contributed by atoms with Crippen LogP contribution in [0, 0.1) is 0 Å². The number of thiazole rings is 1. The van der Waals surface area contributed by atoms with E-state index in [1.54, 1.807) is 18.3 Å². The number of halogens is 1. The molecule has 0 aliphatic rings. The molecule has 2 aromatic heterocycles. The summed E-state index contributed by atoms with van der Waals surface area (Å²) >= 11 is 5.97. The molecule has 0 fully saturated rings. The van der Waals surface area contributed by atoms with Crippen LogP contribution in [0.5, 0.6) is 0 Å². The first-order valence-electron chi connectivity index (χ1n) is 5.20. The quantitative estimate of drug-likeness (QED) is 0.884. The molecule has 2 aromatic rings. The number of aromatic nitrogens is 1. The third kappa shape index (κ3) is 3.39. The topological polar surface area (TPSA) is 59.1 Å². The first kappa shape index (κ1) is 14.1. The molecular weight excluding hydrogens is 356 g/mol. The largest absolute Gasteiger partial charge is 0.250 e. The van der Waals surface area contributed by atoms with Gasteiger partial charge in [-0.15, -0.1) is 22.7 Å². The Bertz CT molecular complexity index is 633. The number of nitrogens with one attached hydrogen (secondary N) is 1. The highest BCUT2D eigenvalue weighted by atomic mass is 79.9. The lowest BCUT2D eigenvalue weighted by molar-refractivity contribution is 0.583. The summed E-state index contributed by atoms with van der Waals surface area (Å²) in [6, 6.07) is 3.30. The Balaban J connectivity index is 2.05. The molecule has 0 aromatic carbocycles. The van der Waals surface area contributed by atoms with Gasteiger partial charge in [-0.2, -0.15) is 0 Å². The average Bonchev–Trinajstić information content (AvgIpc) is 2.95. The maximum absolute atomic E-state index is 12.0. The van der Waals surface area contributed by atoms with Gasteiger partial charge in [0, 0.05) is 11.1 Å². The second-order valence-electron chi connectivity index (χ2n) is 3.46. The molecule has 0 bridgehead atoms. The van der Waals surface area contributed by atoms with E-state index in [0.29, 0.717) is 4.21 Å². The minimum absolute atomic E-state index is 0.239. The highest BCUT2D eigenvalue weighted by Gasteiger charge is 2.16. The molecule has 18 heavy (non-hydrogen) atoms. The number of hydrogen-bond donors (Lipinski definition) is 1. The number of sulfonamides is 1. The fraction of sp³-hybridized carbons (Fsp3) is 0.300. The first-order chi connectivity index (χ1) is 8.51. The minimum atomic E-state index is -3.43. The van der Waals surface area contributed by atoms with E-state index < -0.39 is 10.0 Å². The van der Waals surface area contributed by atoms with Crippen molar-refractivity contribution in [3.8, 4) is 0 Å². The van der Waals surface area contributed by atoms with Gasteiger partial charge in [0.1, 0.15) is 9.22 Å². The van der Waals surface area contributed by atoms with Crippen LogP contribution in [0.4, 0.5) is 0 Å². The van der Waals surface area contributed by atoms with Crippen molar-refractivity contribution in [1.29, 1.82) is 0 Å². The Kier molecular flexibility index (Phi) is 4.54. The second-order valence-corrected chi connectivity index (χ2v) is 9.11. The SMILES string of the molecule is CCc1cnc(CNS(=O)(=O)c2ccc(Br)s2)s1. The van der Waals surface area contributed by atoms with Gasteiger partial charge in [-0.25, -0.2) is 18.1 Å².